The summed E-state index contributed by atoms with van der Waals surface area (Å²) in [6.45, 7) is 0. The summed E-state index contributed by atoms with van der Waals surface area (Å²) in [5.74, 6) is 0.0973. The van der Waals surface area contributed by atoms with Crippen LogP contribution in [-0.2, 0) is 10.5 Å². The lowest BCUT2D eigenvalue weighted by Crippen LogP contribution is -2.32. The Labute approximate surface area is 96.8 Å². The molecule has 0 bridgehead atoms. The fraction of sp³-hybridized carbons (Fsp3) is 0.333. The number of carbonyl (C=O) groups is 1. The lowest BCUT2D eigenvalue weighted by molar-refractivity contribution is -0.137. The Morgan fingerprint density at radius 2 is 2.40 bits per heavy atom. The average molecular weight is 247 g/mol. The topological polar surface area (TPSA) is 76.2 Å². The van der Waals surface area contributed by atoms with Crippen LogP contribution >= 0.6 is 23.4 Å². The van der Waals surface area contributed by atoms with Crippen molar-refractivity contribution >= 4 is 29.3 Å². The highest BCUT2D eigenvalue weighted by atomic mass is 35.5. The molecule has 0 aliphatic rings. The minimum absolute atomic E-state index is 0.387. The third-order valence-corrected chi connectivity index (χ3v) is 3.03. The molecule has 1 heterocycles. The van der Waals surface area contributed by atoms with E-state index in [1.807, 2.05) is 6.07 Å². The van der Waals surface area contributed by atoms with Gasteiger partial charge in [0.1, 0.15) is 11.2 Å². The van der Waals surface area contributed by atoms with Crippen molar-refractivity contribution in [1.29, 1.82) is 0 Å². The molecule has 0 aromatic carbocycles. The first kappa shape index (κ1) is 12.3. The highest BCUT2D eigenvalue weighted by Gasteiger charge is 2.10. The number of hydrogen-bond donors (Lipinski definition) is 2. The van der Waals surface area contributed by atoms with Crippen molar-refractivity contribution in [3.8, 4) is 0 Å². The minimum atomic E-state index is -0.975. The van der Waals surface area contributed by atoms with Gasteiger partial charge in [-0.2, -0.15) is 11.8 Å². The van der Waals surface area contributed by atoms with Gasteiger partial charge in [-0.1, -0.05) is 17.7 Å². The smallest absolute Gasteiger partial charge is 0.321 e. The number of nitrogens with zero attached hydrogens (tertiary/aromatic N) is 1. The van der Waals surface area contributed by atoms with E-state index >= 15 is 0 Å². The Kier molecular flexibility index (Phi) is 4.87. The van der Waals surface area contributed by atoms with Crippen LogP contribution in [0, 0.1) is 0 Å². The van der Waals surface area contributed by atoms with E-state index in [9.17, 15) is 4.79 Å². The monoisotopic (exact) mass is 246 g/mol. The second-order valence-electron chi connectivity index (χ2n) is 2.95. The maximum atomic E-state index is 10.4. The maximum absolute atomic E-state index is 10.4. The van der Waals surface area contributed by atoms with E-state index in [2.05, 4.69) is 4.98 Å². The maximum Gasteiger partial charge on any atom is 0.321 e. The Hall–Kier alpha value is -0.780. The van der Waals surface area contributed by atoms with E-state index in [1.54, 1.807) is 12.3 Å². The summed E-state index contributed by atoms with van der Waals surface area (Å²) < 4.78 is 0. The largest absolute Gasteiger partial charge is 0.480 e. The van der Waals surface area contributed by atoms with Gasteiger partial charge >= 0.3 is 5.97 Å². The van der Waals surface area contributed by atoms with Crippen LogP contribution < -0.4 is 5.73 Å². The number of nitrogens with two attached hydrogens (primary N) is 1. The summed E-state index contributed by atoms with van der Waals surface area (Å²) >= 11 is 7.08. The number of aliphatic carboxylic acids is 1. The summed E-state index contributed by atoms with van der Waals surface area (Å²) in [5, 5.41) is 9.00. The van der Waals surface area contributed by atoms with Crippen molar-refractivity contribution in [2.24, 2.45) is 5.73 Å². The van der Waals surface area contributed by atoms with Crippen LogP contribution in [0.4, 0.5) is 0 Å². The van der Waals surface area contributed by atoms with Crippen molar-refractivity contribution in [3.63, 3.8) is 0 Å². The highest BCUT2D eigenvalue weighted by molar-refractivity contribution is 7.98. The fourth-order valence-electron chi connectivity index (χ4n) is 0.867. The first-order chi connectivity index (χ1) is 7.09. The summed E-state index contributed by atoms with van der Waals surface area (Å²) in [4.78, 5) is 14.3. The quantitative estimate of drug-likeness (QED) is 0.768. The van der Waals surface area contributed by atoms with Gasteiger partial charge in [-0.25, -0.2) is 4.98 Å². The van der Waals surface area contributed by atoms with Gasteiger partial charge in [0.2, 0.25) is 0 Å². The van der Waals surface area contributed by atoms with E-state index < -0.39 is 12.0 Å². The normalized spacial score (nSPS) is 12.4. The number of carboxylic acid groups (broad SMARTS) is 1. The number of halogens is 1. The van der Waals surface area contributed by atoms with Crippen molar-refractivity contribution in [2.75, 3.05) is 5.75 Å². The van der Waals surface area contributed by atoms with Gasteiger partial charge in [0.15, 0.2) is 0 Å². The van der Waals surface area contributed by atoms with Crippen LogP contribution in [0.1, 0.15) is 5.56 Å². The summed E-state index contributed by atoms with van der Waals surface area (Å²) in [6.07, 6.45) is 1.67. The molecular formula is C9H11ClN2O2S. The highest BCUT2D eigenvalue weighted by Crippen LogP contribution is 2.13. The molecule has 1 aromatic heterocycles. The van der Waals surface area contributed by atoms with Crippen LogP contribution in [0.25, 0.3) is 0 Å². The van der Waals surface area contributed by atoms with Gasteiger partial charge in [-0.3, -0.25) is 4.79 Å². The number of aromatic nitrogens is 1. The molecule has 0 radical (unpaired) electrons. The molecule has 82 valence electrons. The van der Waals surface area contributed by atoms with E-state index in [0.29, 0.717) is 16.7 Å². The second kappa shape index (κ2) is 5.95. The van der Waals surface area contributed by atoms with Gasteiger partial charge in [-0.15, -0.1) is 0 Å². The van der Waals surface area contributed by atoms with Crippen LogP contribution in [0.15, 0.2) is 18.3 Å². The standard InChI is InChI=1S/C9H11ClN2O2S/c10-8-2-1-6(3-12-8)4-15-5-7(11)9(13)14/h1-3,7H,4-5,11H2,(H,13,14). The third kappa shape index (κ3) is 4.51. The molecule has 1 aromatic rings. The van der Waals surface area contributed by atoms with Crippen LogP contribution in [0.3, 0.4) is 0 Å². The number of pyridine rings is 1. The molecule has 0 saturated heterocycles. The Bertz CT molecular complexity index is 331. The predicted molar refractivity (Wildman–Crippen MR) is 61.0 cm³/mol. The molecule has 6 heteroatoms. The molecule has 0 fully saturated rings. The molecule has 15 heavy (non-hydrogen) atoms. The van der Waals surface area contributed by atoms with E-state index in [4.69, 9.17) is 22.4 Å². The van der Waals surface area contributed by atoms with Crippen molar-refractivity contribution in [1.82, 2.24) is 4.98 Å². The summed E-state index contributed by atoms with van der Waals surface area (Å²) in [7, 11) is 0. The Morgan fingerprint density at radius 1 is 1.67 bits per heavy atom. The molecule has 0 aliphatic carbocycles. The molecule has 0 amide bonds. The molecule has 1 unspecified atom stereocenters. The molecule has 0 spiro atoms. The fourth-order valence-corrected chi connectivity index (χ4v) is 1.90. The first-order valence-electron chi connectivity index (χ1n) is 4.26. The lowest BCUT2D eigenvalue weighted by Gasteiger charge is -2.05. The number of rotatable bonds is 5. The lowest BCUT2D eigenvalue weighted by atomic mass is 10.3. The van der Waals surface area contributed by atoms with Gasteiger partial charge < -0.3 is 10.8 Å². The Morgan fingerprint density at radius 3 is 2.93 bits per heavy atom. The molecule has 0 aliphatic heterocycles. The van der Waals surface area contributed by atoms with Gasteiger partial charge in [0, 0.05) is 17.7 Å². The zero-order valence-corrected chi connectivity index (χ0v) is 9.46. The molecular weight excluding hydrogens is 236 g/mol. The number of hydrogen-bond acceptors (Lipinski definition) is 4. The van der Waals surface area contributed by atoms with Crippen LogP contribution in [0.5, 0.6) is 0 Å². The zero-order valence-electron chi connectivity index (χ0n) is 7.89. The zero-order chi connectivity index (χ0) is 11.3. The van der Waals surface area contributed by atoms with E-state index in [-0.39, 0.29) is 0 Å². The average Bonchev–Trinajstić information content (AvgIpc) is 2.20. The first-order valence-corrected chi connectivity index (χ1v) is 5.79. The van der Waals surface area contributed by atoms with Gasteiger partial charge in [0.05, 0.1) is 0 Å². The van der Waals surface area contributed by atoms with Crippen molar-refractivity contribution < 1.29 is 9.90 Å². The molecule has 3 N–H and O–H groups in total. The molecule has 4 nitrogen and oxygen atoms in total. The summed E-state index contributed by atoms with van der Waals surface area (Å²) in [5.41, 5.74) is 6.35. The molecule has 1 rings (SSSR count). The summed E-state index contributed by atoms with van der Waals surface area (Å²) in [6, 6.07) is 2.75. The SMILES string of the molecule is NC(CSCc1ccc(Cl)nc1)C(=O)O. The van der Waals surface area contributed by atoms with Gasteiger partial charge in [0.25, 0.3) is 0 Å². The van der Waals surface area contributed by atoms with Crippen molar-refractivity contribution in [2.45, 2.75) is 11.8 Å². The third-order valence-electron chi connectivity index (χ3n) is 1.67. The number of carboxylic acids is 1. The van der Waals surface area contributed by atoms with Crippen LogP contribution in [0.2, 0.25) is 5.15 Å². The molecule has 0 saturated carbocycles. The second-order valence-corrected chi connectivity index (χ2v) is 4.37. The minimum Gasteiger partial charge on any atom is -0.480 e. The van der Waals surface area contributed by atoms with E-state index in [0.717, 1.165) is 5.56 Å². The number of thioether (sulfide) groups is 1. The predicted octanol–water partition coefficient (Wildman–Crippen LogP) is 1.38. The van der Waals surface area contributed by atoms with Crippen molar-refractivity contribution in [3.05, 3.63) is 29.0 Å². The van der Waals surface area contributed by atoms with E-state index in [1.165, 1.54) is 11.8 Å². The van der Waals surface area contributed by atoms with Crippen LogP contribution in [-0.4, -0.2) is 27.9 Å². The Balaban J connectivity index is 2.32. The molecule has 1 atom stereocenters. The van der Waals surface area contributed by atoms with Gasteiger partial charge in [-0.05, 0) is 11.6 Å².